The van der Waals surface area contributed by atoms with Crippen LogP contribution >= 0.6 is 0 Å². The van der Waals surface area contributed by atoms with Gasteiger partial charge in [0.05, 0.1) is 24.9 Å². The molecule has 0 spiro atoms. The first-order valence-electron chi connectivity index (χ1n) is 13.9. The molecule has 2 aliphatic carbocycles. The van der Waals surface area contributed by atoms with E-state index in [2.05, 4.69) is 15.7 Å². The molecule has 3 fully saturated rings. The van der Waals surface area contributed by atoms with Crippen molar-refractivity contribution in [2.24, 2.45) is 23.7 Å². The predicted octanol–water partition coefficient (Wildman–Crippen LogP) is 5.78. The molecule has 7 nitrogen and oxygen atoms in total. The van der Waals surface area contributed by atoms with Crippen LogP contribution < -0.4 is 10.6 Å². The highest BCUT2D eigenvalue weighted by Gasteiger charge is 2.47. The van der Waals surface area contributed by atoms with Crippen LogP contribution in [0, 0.1) is 36.4 Å². The molecule has 5 rings (SSSR count). The van der Waals surface area contributed by atoms with E-state index in [0.717, 1.165) is 31.8 Å². The molecule has 2 heterocycles. The summed E-state index contributed by atoms with van der Waals surface area (Å²) < 4.78 is 48.4. The lowest BCUT2D eigenvalue weighted by Crippen LogP contribution is -2.46. The number of carbonyl (C=O) groups excluding carboxylic acids is 2. The second kappa shape index (κ2) is 11.6. The summed E-state index contributed by atoms with van der Waals surface area (Å²) in [5.41, 5.74) is 1.79. The first kappa shape index (κ1) is 28.2. The van der Waals surface area contributed by atoms with Crippen LogP contribution in [0.15, 0.2) is 42.2 Å². The standard InChI is InChI=1S/C30H35F3N4O3/c1-16(2)37-26(8-9-34-37)30(39)36-29(28(18-4-5-18)19-6-7-19)25(13-38)35-24-10-17(3)21(12-23(24)31)22-15-40-14-20(22)11-27(32)33/h8-12,16,18-20,22,28-29,35H,4-7,14-15H2,1-3H3,(H,36,39)/t20-,22-,29-/m1/s1. The van der Waals surface area contributed by atoms with Crippen molar-refractivity contribution in [1.82, 2.24) is 15.1 Å². The van der Waals surface area contributed by atoms with Crippen LogP contribution in [0.3, 0.4) is 0 Å². The number of amides is 1. The van der Waals surface area contributed by atoms with Crippen molar-refractivity contribution in [3.63, 3.8) is 0 Å². The van der Waals surface area contributed by atoms with E-state index in [0.29, 0.717) is 28.7 Å². The van der Waals surface area contributed by atoms with Crippen LogP contribution in [0.2, 0.25) is 0 Å². The largest absolute Gasteiger partial charge is 0.380 e. The lowest BCUT2D eigenvalue weighted by molar-refractivity contribution is 0.0911. The number of nitrogens with zero attached hydrogens (tertiary/aromatic N) is 2. The molecule has 2 N–H and O–H groups in total. The molecule has 2 aromatic rings. The summed E-state index contributed by atoms with van der Waals surface area (Å²) in [5.74, 6) is 0.807. The fourth-order valence-electron chi connectivity index (χ4n) is 6.09. The van der Waals surface area contributed by atoms with Gasteiger partial charge in [-0.15, -0.1) is 0 Å². The molecule has 1 aromatic carbocycles. The van der Waals surface area contributed by atoms with Crippen LogP contribution in [0.25, 0.3) is 0 Å². The fourth-order valence-corrected chi connectivity index (χ4v) is 6.09. The Balaban J connectivity index is 1.43. The van der Waals surface area contributed by atoms with Crippen molar-refractivity contribution >= 4 is 17.5 Å². The third-order valence-corrected chi connectivity index (χ3v) is 8.31. The van der Waals surface area contributed by atoms with E-state index < -0.39 is 29.8 Å². The van der Waals surface area contributed by atoms with Gasteiger partial charge in [-0.2, -0.15) is 13.9 Å². The van der Waals surface area contributed by atoms with Crippen LogP contribution in [0.4, 0.5) is 18.9 Å². The highest BCUT2D eigenvalue weighted by molar-refractivity contribution is 5.93. The smallest absolute Gasteiger partial charge is 0.270 e. The number of nitrogens with one attached hydrogen (secondary N) is 2. The first-order chi connectivity index (χ1) is 19.2. The summed E-state index contributed by atoms with van der Waals surface area (Å²) in [4.78, 5) is 25.8. The van der Waals surface area contributed by atoms with E-state index in [1.165, 1.54) is 6.07 Å². The van der Waals surface area contributed by atoms with Crippen LogP contribution in [0.5, 0.6) is 0 Å². The van der Waals surface area contributed by atoms with Gasteiger partial charge >= 0.3 is 0 Å². The van der Waals surface area contributed by atoms with Gasteiger partial charge in [-0.1, -0.05) is 0 Å². The zero-order chi connectivity index (χ0) is 28.6. The number of rotatable bonds is 11. The van der Waals surface area contributed by atoms with Crippen molar-refractivity contribution in [1.29, 1.82) is 0 Å². The molecule has 214 valence electrons. The van der Waals surface area contributed by atoms with Crippen molar-refractivity contribution in [3.05, 3.63) is 64.9 Å². The average Bonchev–Trinajstić information content (AvgIpc) is 3.83. The second-order valence-corrected chi connectivity index (χ2v) is 11.6. The van der Waals surface area contributed by atoms with Crippen molar-refractivity contribution < 1.29 is 27.5 Å². The first-order valence-corrected chi connectivity index (χ1v) is 13.9. The zero-order valence-electron chi connectivity index (χ0n) is 22.9. The van der Waals surface area contributed by atoms with Gasteiger partial charge in [-0.25, -0.2) is 9.18 Å². The Kier molecular flexibility index (Phi) is 8.19. The third-order valence-electron chi connectivity index (χ3n) is 8.31. The van der Waals surface area contributed by atoms with E-state index in [9.17, 15) is 18.4 Å². The maximum atomic E-state index is 15.5. The number of hydrogen-bond acceptors (Lipinski definition) is 5. The monoisotopic (exact) mass is 556 g/mol. The lowest BCUT2D eigenvalue weighted by atomic mass is 9.85. The summed E-state index contributed by atoms with van der Waals surface area (Å²) in [6, 6.07) is 3.82. The number of halogens is 3. The number of benzene rings is 1. The molecular formula is C30H35F3N4O3. The lowest BCUT2D eigenvalue weighted by Gasteiger charge is -2.30. The molecule has 0 radical (unpaired) electrons. The number of aryl methyl sites for hydroxylation is 1. The number of aromatic nitrogens is 2. The minimum atomic E-state index is -1.79. The summed E-state index contributed by atoms with van der Waals surface area (Å²) in [7, 11) is 0. The highest BCUT2D eigenvalue weighted by atomic mass is 19.3. The summed E-state index contributed by atoms with van der Waals surface area (Å²) in [6.45, 7) is 5.98. The molecule has 1 aliphatic heterocycles. The Morgan fingerprint density at radius 1 is 1.18 bits per heavy atom. The van der Waals surface area contributed by atoms with Crippen molar-refractivity contribution in [2.75, 3.05) is 18.5 Å². The topological polar surface area (TPSA) is 85.3 Å². The second-order valence-electron chi connectivity index (χ2n) is 11.6. The molecule has 0 unspecified atom stereocenters. The van der Waals surface area contributed by atoms with E-state index in [4.69, 9.17) is 4.74 Å². The molecule has 0 bridgehead atoms. The molecule has 1 saturated heterocycles. The van der Waals surface area contributed by atoms with Gasteiger partial charge in [-0.05, 0) is 99.6 Å². The van der Waals surface area contributed by atoms with Gasteiger partial charge < -0.3 is 15.4 Å². The average molecular weight is 557 g/mol. The van der Waals surface area contributed by atoms with Crippen molar-refractivity contribution in [2.45, 2.75) is 64.5 Å². The Morgan fingerprint density at radius 3 is 2.48 bits per heavy atom. The zero-order valence-corrected chi connectivity index (χ0v) is 22.9. The Bertz CT molecular complexity index is 1330. The normalized spacial score (nSPS) is 21.3. The number of hydrogen-bond donors (Lipinski definition) is 2. The molecule has 40 heavy (non-hydrogen) atoms. The fraction of sp³-hybridized carbons (Fsp3) is 0.533. The molecular weight excluding hydrogens is 521 g/mol. The third kappa shape index (κ3) is 6.03. The van der Waals surface area contributed by atoms with Crippen LogP contribution in [0.1, 0.15) is 73.1 Å². The van der Waals surface area contributed by atoms with E-state index in [1.807, 2.05) is 19.8 Å². The van der Waals surface area contributed by atoms with Crippen LogP contribution in [-0.2, 0) is 9.53 Å². The van der Waals surface area contributed by atoms with E-state index >= 15 is 4.39 Å². The van der Waals surface area contributed by atoms with Gasteiger partial charge in [0.15, 0.2) is 0 Å². The van der Waals surface area contributed by atoms with Gasteiger partial charge in [-0.3, -0.25) is 9.48 Å². The highest BCUT2D eigenvalue weighted by Crippen LogP contribution is 2.51. The predicted molar refractivity (Wildman–Crippen MR) is 144 cm³/mol. The van der Waals surface area contributed by atoms with Gasteiger partial charge in [0.2, 0.25) is 0 Å². The SMILES string of the molecule is Cc1cc(NC(=C=O)[C@@H](NC(=O)c2ccnn2C(C)C)C(C2CC2)C2CC2)c(F)cc1[C@@H]1COC[C@H]1C=C(F)F. The Morgan fingerprint density at radius 2 is 1.88 bits per heavy atom. The minimum absolute atomic E-state index is 0.0329. The van der Waals surface area contributed by atoms with Gasteiger partial charge in [0.25, 0.3) is 12.0 Å². The maximum Gasteiger partial charge on any atom is 0.270 e. The molecule has 3 atom stereocenters. The van der Waals surface area contributed by atoms with Gasteiger partial charge in [0, 0.05) is 24.1 Å². The van der Waals surface area contributed by atoms with Crippen molar-refractivity contribution in [3.8, 4) is 0 Å². The molecule has 10 heteroatoms. The summed E-state index contributed by atoms with van der Waals surface area (Å²) >= 11 is 0. The Hall–Kier alpha value is -3.36. The number of carbonyl (C=O) groups is 1. The molecule has 3 aliphatic rings. The number of anilines is 1. The molecule has 1 aromatic heterocycles. The van der Waals surface area contributed by atoms with E-state index in [-0.39, 0.29) is 42.5 Å². The van der Waals surface area contributed by atoms with Gasteiger partial charge in [0.1, 0.15) is 23.1 Å². The molecule has 2 saturated carbocycles. The quantitative estimate of drug-likeness (QED) is 0.343. The van der Waals surface area contributed by atoms with Crippen LogP contribution in [-0.4, -0.2) is 40.9 Å². The number of ether oxygens (including phenoxy) is 1. The maximum absolute atomic E-state index is 15.5. The summed E-state index contributed by atoms with van der Waals surface area (Å²) in [5, 5.41) is 10.3. The molecule has 1 amide bonds. The summed E-state index contributed by atoms with van der Waals surface area (Å²) in [6.07, 6.45) is 4.71. The minimum Gasteiger partial charge on any atom is -0.380 e. The van der Waals surface area contributed by atoms with E-state index in [1.54, 1.807) is 29.9 Å². The Labute approximate surface area is 231 Å².